The summed E-state index contributed by atoms with van der Waals surface area (Å²) >= 11 is 1.48. The van der Waals surface area contributed by atoms with Crippen molar-refractivity contribution in [1.82, 2.24) is 19.5 Å². The van der Waals surface area contributed by atoms with Gasteiger partial charge in [0.25, 0.3) is 0 Å². The standard InChI is InChI=1S/C18H22N4O2S/c1-11-4-3-5-13(10-11)15(21-8-6-14(23)7-9-21)16-17(24)22-18(25-16)19-12(2)20-22/h3-5,10,14-15,23-24H,6-9H2,1-2H3/t15-/m0/s1. The number of rotatable bonds is 3. The third-order valence-electron chi connectivity index (χ3n) is 4.78. The molecule has 0 spiro atoms. The summed E-state index contributed by atoms with van der Waals surface area (Å²) in [7, 11) is 0. The minimum absolute atomic E-state index is 0.0544. The Labute approximate surface area is 150 Å². The van der Waals surface area contributed by atoms with Gasteiger partial charge in [0, 0.05) is 13.1 Å². The monoisotopic (exact) mass is 358 g/mol. The normalized spacial score (nSPS) is 18.0. The van der Waals surface area contributed by atoms with E-state index in [9.17, 15) is 10.2 Å². The number of aliphatic hydroxyl groups is 1. The second kappa shape index (κ2) is 6.40. The zero-order valence-electron chi connectivity index (χ0n) is 14.4. The number of nitrogens with zero attached hydrogens (tertiary/aromatic N) is 4. The van der Waals surface area contributed by atoms with Gasteiger partial charge in [0.05, 0.1) is 17.0 Å². The van der Waals surface area contributed by atoms with Crippen molar-refractivity contribution >= 4 is 16.3 Å². The molecule has 3 aromatic rings. The van der Waals surface area contributed by atoms with Crippen molar-refractivity contribution in [3.8, 4) is 5.88 Å². The van der Waals surface area contributed by atoms with E-state index in [-0.39, 0.29) is 18.0 Å². The Morgan fingerprint density at radius 2 is 2.00 bits per heavy atom. The number of hydrogen-bond acceptors (Lipinski definition) is 6. The second-order valence-electron chi connectivity index (χ2n) is 6.73. The van der Waals surface area contributed by atoms with Crippen molar-refractivity contribution in [2.24, 2.45) is 0 Å². The fraction of sp³-hybridized carbons (Fsp3) is 0.444. The van der Waals surface area contributed by atoms with E-state index in [2.05, 4.69) is 46.2 Å². The number of aromatic nitrogens is 3. The number of thiazole rings is 1. The van der Waals surface area contributed by atoms with E-state index in [1.165, 1.54) is 21.4 Å². The molecule has 7 heteroatoms. The molecule has 1 atom stereocenters. The van der Waals surface area contributed by atoms with Gasteiger partial charge in [0.2, 0.25) is 10.8 Å². The number of likely N-dealkylation sites (tertiary alicyclic amines) is 1. The Kier molecular flexibility index (Phi) is 4.23. The molecular formula is C18H22N4O2S. The molecule has 1 saturated heterocycles. The van der Waals surface area contributed by atoms with Gasteiger partial charge in [-0.1, -0.05) is 41.2 Å². The van der Waals surface area contributed by atoms with Crippen LogP contribution in [0, 0.1) is 13.8 Å². The number of aromatic hydroxyl groups is 1. The van der Waals surface area contributed by atoms with E-state index >= 15 is 0 Å². The zero-order valence-corrected chi connectivity index (χ0v) is 15.2. The topological polar surface area (TPSA) is 73.9 Å². The van der Waals surface area contributed by atoms with Crippen molar-refractivity contribution in [3.05, 3.63) is 46.1 Å². The van der Waals surface area contributed by atoms with E-state index < -0.39 is 0 Å². The Bertz CT molecular complexity index is 896. The second-order valence-corrected chi connectivity index (χ2v) is 7.74. The SMILES string of the molecule is Cc1cccc([C@@H](c2sc3nc(C)nn3c2O)N2CCC(O)CC2)c1. The summed E-state index contributed by atoms with van der Waals surface area (Å²) in [5.74, 6) is 0.819. The van der Waals surface area contributed by atoms with Crippen LogP contribution in [0.4, 0.5) is 0 Å². The molecule has 1 aromatic carbocycles. The summed E-state index contributed by atoms with van der Waals surface area (Å²) < 4.78 is 1.52. The molecule has 0 amide bonds. The molecule has 25 heavy (non-hydrogen) atoms. The van der Waals surface area contributed by atoms with Crippen LogP contribution in [0.2, 0.25) is 0 Å². The quantitative estimate of drug-likeness (QED) is 0.753. The Morgan fingerprint density at radius 3 is 2.68 bits per heavy atom. The largest absolute Gasteiger partial charge is 0.492 e. The predicted molar refractivity (Wildman–Crippen MR) is 97.1 cm³/mol. The number of aryl methyl sites for hydroxylation is 2. The summed E-state index contributed by atoms with van der Waals surface area (Å²) in [6, 6.07) is 8.34. The first-order valence-corrected chi connectivity index (χ1v) is 9.38. The molecule has 4 rings (SSSR count). The van der Waals surface area contributed by atoms with Gasteiger partial charge in [-0.2, -0.15) is 4.52 Å². The van der Waals surface area contributed by atoms with Gasteiger partial charge in [-0.15, -0.1) is 5.10 Å². The van der Waals surface area contributed by atoms with Crippen molar-refractivity contribution in [1.29, 1.82) is 0 Å². The van der Waals surface area contributed by atoms with E-state index in [0.29, 0.717) is 10.8 Å². The van der Waals surface area contributed by atoms with E-state index in [1.54, 1.807) is 0 Å². The Hall–Kier alpha value is -1.96. The summed E-state index contributed by atoms with van der Waals surface area (Å²) in [6.07, 6.45) is 1.28. The van der Waals surface area contributed by atoms with E-state index in [0.717, 1.165) is 36.4 Å². The lowest BCUT2D eigenvalue weighted by Gasteiger charge is -2.36. The first-order valence-electron chi connectivity index (χ1n) is 8.56. The van der Waals surface area contributed by atoms with E-state index in [4.69, 9.17) is 0 Å². The lowest BCUT2D eigenvalue weighted by atomic mass is 9.98. The fourth-order valence-electron chi connectivity index (χ4n) is 3.54. The third-order valence-corrected chi connectivity index (χ3v) is 5.85. The lowest BCUT2D eigenvalue weighted by Crippen LogP contribution is -2.38. The van der Waals surface area contributed by atoms with E-state index in [1.807, 2.05) is 6.92 Å². The molecule has 6 nitrogen and oxygen atoms in total. The van der Waals surface area contributed by atoms with Crippen molar-refractivity contribution in [2.45, 2.75) is 38.8 Å². The van der Waals surface area contributed by atoms with Crippen LogP contribution in [0.1, 0.15) is 40.7 Å². The maximum Gasteiger partial charge on any atom is 0.230 e. The van der Waals surface area contributed by atoms with Crippen LogP contribution in [0.3, 0.4) is 0 Å². The highest BCUT2D eigenvalue weighted by Crippen LogP contribution is 2.40. The van der Waals surface area contributed by atoms with Crippen LogP contribution < -0.4 is 0 Å². The highest BCUT2D eigenvalue weighted by molar-refractivity contribution is 7.17. The average molecular weight is 358 g/mol. The van der Waals surface area contributed by atoms with Crippen LogP contribution in [-0.4, -0.2) is 48.9 Å². The average Bonchev–Trinajstić information content (AvgIpc) is 3.08. The van der Waals surface area contributed by atoms with Crippen LogP contribution >= 0.6 is 11.3 Å². The smallest absolute Gasteiger partial charge is 0.230 e. The summed E-state index contributed by atoms with van der Waals surface area (Å²) in [4.78, 5) is 8.30. The maximum atomic E-state index is 10.8. The van der Waals surface area contributed by atoms with Gasteiger partial charge >= 0.3 is 0 Å². The number of hydrogen-bond donors (Lipinski definition) is 2. The lowest BCUT2D eigenvalue weighted by molar-refractivity contribution is 0.0689. The van der Waals surface area contributed by atoms with Gasteiger partial charge in [-0.3, -0.25) is 4.90 Å². The highest BCUT2D eigenvalue weighted by atomic mass is 32.1. The summed E-state index contributed by atoms with van der Waals surface area (Å²) in [6.45, 7) is 5.49. The minimum atomic E-state index is -0.229. The molecule has 0 unspecified atom stereocenters. The highest BCUT2D eigenvalue weighted by Gasteiger charge is 2.31. The van der Waals surface area contributed by atoms with Crippen molar-refractivity contribution in [2.75, 3.05) is 13.1 Å². The first-order chi connectivity index (χ1) is 12.0. The van der Waals surface area contributed by atoms with Gasteiger partial charge < -0.3 is 10.2 Å². The fourth-order valence-corrected chi connectivity index (χ4v) is 4.70. The van der Waals surface area contributed by atoms with Crippen LogP contribution in [0.15, 0.2) is 24.3 Å². The molecule has 2 N–H and O–H groups in total. The van der Waals surface area contributed by atoms with Gasteiger partial charge in [-0.05, 0) is 32.3 Å². The number of fused-ring (bicyclic) bond motifs is 1. The molecule has 0 bridgehead atoms. The molecule has 1 aliphatic heterocycles. The molecular weight excluding hydrogens is 336 g/mol. The van der Waals surface area contributed by atoms with Crippen LogP contribution in [0.5, 0.6) is 5.88 Å². The molecule has 0 saturated carbocycles. The van der Waals surface area contributed by atoms with Gasteiger partial charge in [0.15, 0.2) is 0 Å². The molecule has 132 valence electrons. The van der Waals surface area contributed by atoms with Gasteiger partial charge in [0.1, 0.15) is 5.82 Å². The number of benzene rings is 1. The molecule has 3 heterocycles. The summed E-state index contributed by atoms with van der Waals surface area (Å²) in [5, 5.41) is 24.9. The van der Waals surface area contributed by atoms with Crippen molar-refractivity contribution < 1.29 is 10.2 Å². The number of piperidine rings is 1. The number of aliphatic hydroxyl groups excluding tert-OH is 1. The summed E-state index contributed by atoms with van der Waals surface area (Å²) in [5.41, 5.74) is 2.34. The van der Waals surface area contributed by atoms with Crippen molar-refractivity contribution in [3.63, 3.8) is 0 Å². The Morgan fingerprint density at radius 1 is 1.24 bits per heavy atom. The first kappa shape index (κ1) is 16.5. The predicted octanol–water partition coefficient (Wildman–Crippen LogP) is 2.66. The molecule has 1 fully saturated rings. The maximum absolute atomic E-state index is 10.8. The zero-order chi connectivity index (χ0) is 17.6. The molecule has 0 radical (unpaired) electrons. The molecule has 1 aliphatic rings. The molecule has 0 aliphatic carbocycles. The van der Waals surface area contributed by atoms with Crippen LogP contribution in [0.25, 0.3) is 4.96 Å². The molecule has 2 aromatic heterocycles. The third kappa shape index (κ3) is 3.03. The minimum Gasteiger partial charge on any atom is -0.492 e. The van der Waals surface area contributed by atoms with Crippen LogP contribution in [-0.2, 0) is 0 Å². The Balaban J connectivity index is 1.81. The van der Waals surface area contributed by atoms with Gasteiger partial charge in [-0.25, -0.2) is 4.98 Å².